The minimum atomic E-state index is -1.08. The molecule has 8 heteroatoms. The number of nitrogens with one attached hydrogen (secondary N) is 2. The molecule has 0 heterocycles. The van der Waals surface area contributed by atoms with Gasteiger partial charge in [0.05, 0.1) is 4.92 Å². The van der Waals surface area contributed by atoms with Crippen molar-refractivity contribution in [2.24, 2.45) is 0 Å². The highest BCUT2D eigenvalue weighted by atomic mass is 32.2. The van der Waals surface area contributed by atoms with Crippen LogP contribution in [-0.2, 0) is 16.6 Å². The Kier molecular flexibility index (Phi) is 6.44. The van der Waals surface area contributed by atoms with Crippen LogP contribution in [0.15, 0.2) is 54.6 Å². The van der Waals surface area contributed by atoms with Crippen molar-refractivity contribution >= 4 is 28.2 Å². The minimum absolute atomic E-state index is 0.100. The second-order valence-electron chi connectivity index (χ2n) is 4.96. The first kappa shape index (κ1) is 17.6. The lowest BCUT2D eigenvalue weighted by Crippen LogP contribution is -2.32. The molecule has 2 aromatic rings. The molecule has 2 amide bonds. The first-order chi connectivity index (χ1) is 11.5. The van der Waals surface area contributed by atoms with E-state index in [0.29, 0.717) is 17.2 Å². The average Bonchev–Trinajstić information content (AvgIpc) is 2.56. The molecule has 2 rings (SSSR count). The molecule has 1 atom stereocenters. The Morgan fingerprint density at radius 2 is 1.88 bits per heavy atom. The summed E-state index contributed by atoms with van der Waals surface area (Å²) < 4.78 is 11.9. The molecule has 0 saturated heterocycles. The van der Waals surface area contributed by atoms with Gasteiger partial charge in [-0.2, -0.15) is 0 Å². The van der Waals surface area contributed by atoms with E-state index in [1.54, 1.807) is 6.07 Å². The highest BCUT2D eigenvalue weighted by Crippen LogP contribution is 2.16. The Bertz CT molecular complexity index is 737. The molecule has 0 fully saturated rings. The summed E-state index contributed by atoms with van der Waals surface area (Å²) in [7, 11) is -1.08. The number of hydrogen-bond donors (Lipinski definition) is 2. The number of urea groups is 1. The van der Waals surface area contributed by atoms with Gasteiger partial charge in [0.25, 0.3) is 5.69 Å². The molecule has 0 saturated carbocycles. The largest absolute Gasteiger partial charge is 0.337 e. The highest BCUT2D eigenvalue weighted by Gasteiger charge is 2.08. The fraction of sp³-hybridized carbons (Fsp3) is 0.188. The summed E-state index contributed by atoms with van der Waals surface area (Å²) in [5, 5.41) is 15.8. The van der Waals surface area contributed by atoms with Gasteiger partial charge in [0.15, 0.2) is 0 Å². The van der Waals surface area contributed by atoms with Crippen LogP contribution in [-0.4, -0.2) is 27.5 Å². The number of carbonyl (C=O) groups excluding carboxylic acids is 1. The molecule has 126 valence electrons. The number of anilines is 1. The van der Waals surface area contributed by atoms with E-state index in [1.165, 1.54) is 18.2 Å². The predicted octanol–water partition coefficient (Wildman–Crippen LogP) is 2.67. The van der Waals surface area contributed by atoms with E-state index in [2.05, 4.69) is 10.6 Å². The van der Waals surface area contributed by atoms with Gasteiger partial charge in [-0.1, -0.05) is 36.4 Å². The average molecular weight is 347 g/mol. The third-order valence-corrected chi connectivity index (χ3v) is 4.42. The lowest BCUT2D eigenvalue weighted by molar-refractivity contribution is -0.384. The van der Waals surface area contributed by atoms with Crippen molar-refractivity contribution in [3.63, 3.8) is 0 Å². The number of non-ortho nitro benzene ring substituents is 1. The van der Waals surface area contributed by atoms with Crippen molar-refractivity contribution in [1.29, 1.82) is 0 Å². The maximum atomic E-state index is 11.9. The van der Waals surface area contributed by atoms with E-state index in [4.69, 9.17) is 0 Å². The number of nitro benzene ring substituents is 1. The molecule has 0 aromatic heterocycles. The summed E-state index contributed by atoms with van der Waals surface area (Å²) in [6.07, 6.45) is 0. The summed E-state index contributed by atoms with van der Waals surface area (Å²) in [6, 6.07) is 14.6. The van der Waals surface area contributed by atoms with Crippen molar-refractivity contribution < 1.29 is 13.9 Å². The maximum absolute atomic E-state index is 11.9. The van der Waals surface area contributed by atoms with Crippen molar-refractivity contribution in [2.75, 3.05) is 17.6 Å². The molecule has 0 aliphatic heterocycles. The van der Waals surface area contributed by atoms with E-state index in [9.17, 15) is 19.1 Å². The Hall–Kier alpha value is -2.74. The Labute approximate surface area is 141 Å². The highest BCUT2D eigenvalue weighted by molar-refractivity contribution is 7.84. The Morgan fingerprint density at radius 1 is 1.12 bits per heavy atom. The summed E-state index contributed by atoms with van der Waals surface area (Å²) in [4.78, 5) is 21.9. The lowest BCUT2D eigenvalue weighted by atomic mass is 10.2. The van der Waals surface area contributed by atoms with Crippen LogP contribution in [0, 0.1) is 10.1 Å². The monoisotopic (exact) mass is 347 g/mol. The summed E-state index contributed by atoms with van der Waals surface area (Å²) >= 11 is 0. The van der Waals surface area contributed by atoms with Gasteiger partial charge in [-0.3, -0.25) is 14.3 Å². The van der Waals surface area contributed by atoms with Gasteiger partial charge in [0.1, 0.15) is 0 Å². The van der Waals surface area contributed by atoms with Crippen LogP contribution in [0.3, 0.4) is 0 Å². The predicted molar refractivity (Wildman–Crippen MR) is 93.3 cm³/mol. The zero-order valence-corrected chi connectivity index (χ0v) is 13.6. The number of nitro groups is 1. The van der Waals surface area contributed by atoms with Gasteiger partial charge >= 0.3 is 6.03 Å². The summed E-state index contributed by atoms with van der Waals surface area (Å²) in [5.41, 5.74) is 1.21. The van der Waals surface area contributed by atoms with Crippen LogP contribution in [0.2, 0.25) is 0 Å². The fourth-order valence-corrected chi connectivity index (χ4v) is 3.02. The molecule has 0 spiro atoms. The van der Waals surface area contributed by atoms with E-state index in [1.807, 2.05) is 30.3 Å². The molecule has 24 heavy (non-hydrogen) atoms. The maximum Gasteiger partial charge on any atom is 0.319 e. The summed E-state index contributed by atoms with van der Waals surface area (Å²) in [5.74, 6) is 0.770. The van der Waals surface area contributed by atoms with Gasteiger partial charge in [0, 0.05) is 46.7 Å². The fourth-order valence-electron chi connectivity index (χ4n) is 1.98. The topological polar surface area (TPSA) is 101 Å². The second kappa shape index (κ2) is 8.78. The standard InChI is InChI=1S/C16H17N3O4S/c20-16(18-14-7-4-8-15(11-14)19(21)22)17-9-10-24(23)12-13-5-2-1-3-6-13/h1-8,11H,9-10,12H2,(H2,17,18,20). The van der Waals surface area contributed by atoms with E-state index in [0.717, 1.165) is 5.56 Å². The van der Waals surface area contributed by atoms with Crippen molar-refractivity contribution in [1.82, 2.24) is 5.32 Å². The van der Waals surface area contributed by atoms with Gasteiger partial charge in [-0.05, 0) is 11.6 Å². The lowest BCUT2D eigenvalue weighted by Gasteiger charge is -2.07. The molecule has 2 N–H and O–H groups in total. The van der Waals surface area contributed by atoms with Crippen molar-refractivity contribution in [3.8, 4) is 0 Å². The Morgan fingerprint density at radius 3 is 2.58 bits per heavy atom. The number of carbonyl (C=O) groups is 1. The first-order valence-electron chi connectivity index (χ1n) is 7.23. The smallest absolute Gasteiger partial charge is 0.319 e. The third kappa shape index (κ3) is 5.81. The number of hydrogen-bond acceptors (Lipinski definition) is 4. The summed E-state index contributed by atoms with van der Waals surface area (Å²) in [6.45, 7) is 0.250. The van der Waals surface area contributed by atoms with Crippen LogP contribution in [0.1, 0.15) is 5.56 Å². The first-order valence-corrected chi connectivity index (χ1v) is 8.71. The zero-order chi connectivity index (χ0) is 17.4. The zero-order valence-electron chi connectivity index (χ0n) is 12.8. The molecule has 0 aliphatic carbocycles. The van der Waals surface area contributed by atoms with E-state index in [-0.39, 0.29) is 12.2 Å². The van der Waals surface area contributed by atoms with Gasteiger partial charge in [-0.15, -0.1) is 0 Å². The van der Waals surface area contributed by atoms with E-state index >= 15 is 0 Å². The molecular weight excluding hydrogens is 330 g/mol. The van der Waals surface area contributed by atoms with Gasteiger partial charge in [-0.25, -0.2) is 4.79 Å². The van der Waals surface area contributed by atoms with Crippen molar-refractivity contribution in [3.05, 3.63) is 70.3 Å². The molecular formula is C16H17N3O4S. The minimum Gasteiger partial charge on any atom is -0.337 e. The van der Waals surface area contributed by atoms with Gasteiger partial charge < -0.3 is 10.6 Å². The SMILES string of the molecule is O=C(NCCS(=O)Cc1ccccc1)Nc1cccc([N+](=O)[O-])c1. The third-order valence-electron chi connectivity index (χ3n) is 3.10. The molecule has 2 aromatic carbocycles. The second-order valence-corrected chi connectivity index (χ2v) is 6.54. The molecule has 1 unspecified atom stereocenters. The van der Waals surface area contributed by atoms with Crippen LogP contribution in [0.5, 0.6) is 0 Å². The van der Waals surface area contributed by atoms with Crippen LogP contribution < -0.4 is 10.6 Å². The number of nitrogens with zero attached hydrogens (tertiary/aromatic N) is 1. The molecule has 0 aliphatic rings. The van der Waals surface area contributed by atoms with Gasteiger partial charge in [0.2, 0.25) is 0 Å². The Balaban J connectivity index is 1.74. The molecule has 0 radical (unpaired) electrons. The van der Waals surface area contributed by atoms with E-state index < -0.39 is 21.8 Å². The normalized spacial score (nSPS) is 11.5. The van der Waals surface area contributed by atoms with Crippen LogP contribution in [0.4, 0.5) is 16.2 Å². The number of benzene rings is 2. The molecule has 0 bridgehead atoms. The molecule has 7 nitrogen and oxygen atoms in total. The number of rotatable bonds is 7. The van der Waals surface area contributed by atoms with Crippen molar-refractivity contribution in [2.45, 2.75) is 5.75 Å². The van der Waals surface area contributed by atoms with Crippen LogP contribution in [0.25, 0.3) is 0 Å². The number of amides is 2. The van der Waals surface area contributed by atoms with Crippen LogP contribution >= 0.6 is 0 Å². The quantitative estimate of drug-likeness (QED) is 0.594.